The summed E-state index contributed by atoms with van der Waals surface area (Å²) in [5, 5.41) is 3.04. The Kier molecular flexibility index (Phi) is 8.02. The SMILES string of the molecule is COC(=O)[C@H](Cc1cn(S(=O)(=O)c2ccc(C)cc2)c2cccc(OC)c12)NC(=O)OCc1ccccc1. The number of aromatic nitrogens is 1. The summed E-state index contributed by atoms with van der Waals surface area (Å²) in [7, 11) is -1.30. The predicted molar refractivity (Wildman–Crippen MR) is 142 cm³/mol. The molecule has 0 aliphatic heterocycles. The van der Waals surface area contributed by atoms with Crippen LogP contribution in [0.2, 0.25) is 0 Å². The minimum absolute atomic E-state index is 0.0164. The third-order valence-corrected chi connectivity index (χ3v) is 7.74. The van der Waals surface area contributed by atoms with Gasteiger partial charge in [-0.1, -0.05) is 54.1 Å². The van der Waals surface area contributed by atoms with E-state index >= 15 is 0 Å². The molecule has 38 heavy (non-hydrogen) atoms. The number of fused-ring (bicyclic) bond motifs is 1. The Morgan fingerprint density at radius 2 is 1.66 bits per heavy atom. The molecule has 9 nitrogen and oxygen atoms in total. The van der Waals surface area contributed by atoms with Crippen LogP contribution in [0, 0.1) is 6.92 Å². The largest absolute Gasteiger partial charge is 0.496 e. The highest BCUT2D eigenvalue weighted by atomic mass is 32.2. The van der Waals surface area contributed by atoms with Gasteiger partial charge in [0.2, 0.25) is 0 Å². The summed E-state index contributed by atoms with van der Waals surface area (Å²) >= 11 is 0. The van der Waals surface area contributed by atoms with Crippen molar-refractivity contribution in [3.05, 3.63) is 95.7 Å². The van der Waals surface area contributed by atoms with Gasteiger partial charge in [-0.25, -0.2) is 22.0 Å². The number of hydrogen-bond acceptors (Lipinski definition) is 7. The van der Waals surface area contributed by atoms with Crippen molar-refractivity contribution in [3.8, 4) is 5.75 Å². The van der Waals surface area contributed by atoms with Crippen molar-refractivity contribution >= 4 is 33.0 Å². The molecule has 10 heteroatoms. The van der Waals surface area contributed by atoms with Crippen LogP contribution in [-0.2, 0) is 37.3 Å². The van der Waals surface area contributed by atoms with Crippen LogP contribution in [0.25, 0.3) is 10.9 Å². The van der Waals surface area contributed by atoms with E-state index in [0.29, 0.717) is 22.2 Å². The summed E-state index contributed by atoms with van der Waals surface area (Å²) in [6.45, 7) is 1.89. The molecule has 4 aromatic rings. The van der Waals surface area contributed by atoms with Crippen LogP contribution in [0.1, 0.15) is 16.7 Å². The van der Waals surface area contributed by atoms with Crippen LogP contribution >= 0.6 is 0 Å². The predicted octanol–water partition coefficient (Wildman–Crippen LogP) is 4.21. The average Bonchev–Trinajstić information content (AvgIpc) is 3.31. The molecule has 0 aliphatic carbocycles. The molecule has 4 rings (SSSR count). The highest BCUT2D eigenvalue weighted by Crippen LogP contribution is 2.34. The van der Waals surface area contributed by atoms with E-state index in [-0.39, 0.29) is 17.9 Å². The summed E-state index contributed by atoms with van der Waals surface area (Å²) in [4.78, 5) is 25.3. The molecule has 198 valence electrons. The molecule has 3 aromatic carbocycles. The van der Waals surface area contributed by atoms with Crippen molar-refractivity contribution < 1.29 is 32.2 Å². The van der Waals surface area contributed by atoms with Crippen molar-refractivity contribution in [2.24, 2.45) is 0 Å². The van der Waals surface area contributed by atoms with Gasteiger partial charge in [-0.15, -0.1) is 0 Å². The van der Waals surface area contributed by atoms with Crippen LogP contribution in [0.5, 0.6) is 5.75 Å². The van der Waals surface area contributed by atoms with Gasteiger partial charge in [-0.05, 0) is 42.3 Å². The van der Waals surface area contributed by atoms with Gasteiger partial charge < -0.3 is 19.5 Å². The number of rotatable bonds is 9. The zero-order chi connectivity index (χ0) is 27.3. The summed E-state index contributed by atoms with van der Waals surface area (Å²) in [6, 6.07) is 19.5. The summed E-state index contributed by atoms with van der Waals surface area (Å²) in [5.41, 5.74) is 2.54. The molecule has 1 heterocycles. The average molecular weight is 537 g/mol. The number of nitrogens with zero attached hydrogens (tertiary/aromatic N) is 1. The lowest BCUT2D eigenvalue weighted by atomic mass is 10.0. The molecule has 1 amide bonds. The van der Waals surface area contributed by atoms with Crippen molar-refractivity contribution in [2.75, 3.05) is 14.2 Å². The van der Waals surface area contributed by atoms with Gasteiger partial charge in [0.05, 0.1) is 24.6 Å². The number of methoxy groups -OCH3 is 2. The van der Waals surface area contributed by atoms with Crippen molar-refractivity contribution in [3.63, 3.8) is 0 Å². The first-order valence-electron chi connectivity index (χ1n) is 11.8. The molecule has 0 fully saturated rings. The maximum Gasteiger partial charge on any atom is 0.408 e. The quantitative estimate of drug-likeness (QED) is 0.319. The van der Waals surface area contributed by atoms with Crippen LogP contribution in [0.15, 0.2) is 83.9 Å². The molecular weight excluding hydrogens is 508 g/mol. The topological polar surface area (TPSA) is 113 Å². The summed E-state index contributed by atoms with van der Waals surface area (Å²) in [6.07, 6.45) is 0.558. The fraction of sp³-hybridized carbons (Fsp3) is 0.214. The van der Waals surface area contributed by atoms with E-state index in [1.807, 2.05) is 25.1 Å². The number of amides is 1. The highest BCUT2D eigenvalue weighted by Gasteiger charge is 2.28. The zero-order valence-electron chi connectivity index (χ0n) is 21.2. The van der Waals surface area contributed by atoms with Gasteiger partial charge >= 0.3 is 12.1 Å². The summed E-state index contributed by atoms with van der Waals surface area (Å²) < 4.78 is 44.0. The number of hydrogen-bond donors (Lipinski definition) is 1. The smallest absolute Gasteiger partial charge is 0.408 e. The maximum absolute atomic E-state index is 13.6. The second-order valence-corrected chi connectivity index (χ2v) is 10.4. The van der Waals surface area contributed by atoms with Gasteiger partial charge in [-0.2, -0.15) is 0 Å². The first-order chi connectivity index (χ1) is 18.2. The number of carbonyl (C=O) groups is 2. The molecule has 1 aromatic heterocycles. The maximum atomic E-state index is 13.6. The van der Waals surface area contributed by atoms with Gasteiger partial charge in [0, 0.05) is 18.0 Å². The first-order valence-corrected chi connectivity index (χ1v) is 13.2. The second-order valence-electron chi connectivity index (χ2n) is 8.61. The van der Waals surface area contributed by atoms with Crippen molar-refractivity contribution in [1.82, 2.24) is 9.29 Å². The van der Waals surface area contributed by atoms with E-state index in [1.54, 1.807) is 42.5 Å². The minimum atomic E-state index is -3.98. The Bertz CT molecular complexity index is 1550. The van der Waals surface area contributed by atoms with Gasteiger partial charge in [0.25, 0.3) is 10.0 Å². The molecular formula is C28H28N2O7S. The lowest BCUT2D eigenvalue weighted by Gasteiger charge is -2.16. The van der Waals surface area contributed by atoms with Crippen LogP contribution in [0.3, 0.4) is 0 Å². The van der Waals surface area contributed by atoms with Crippen LogP contribution in [0.4, 0.5) is 4.79 Å². The molecule has 1 N–H and O–H groups in total. The molecule has 0 unspecified atom stereocenters. The lowest BCUT2D eigenvalue weighted by Crippen LogP contribution is -2.43. The van der Waals surface area contributed by atoms with E-state index in [9.17, 15) is 18.0 Å². The zero-order valence-corrected chi connectivity index (χ0v) is 22.0. The fourth-order valence-corrected chi connectivity index (χ4v) is 5.50. The van der Waals surface area contributed by atoms with E-state index in [1.165, 1.54) is 32.5 Å². The lowest BCUT2D eigenvalue weighted by molar-refractivity contribution is -0.143. The number of esters is 1. The highest BCUT2D eigenvalue weighted by molar-refractivity contribution is 7.90. The number of alkyl carbamates (subject to hydrolysis) is 1. The van der Waals surface area contributed by atoms with Crippen LogP contribution in [-0.4, -0.2) is 44.7 Å². The Morgan fingerprint density at radius 3 is 2.32 bits per heavy atom. The molecule has 0 radical (unpaired) electrons. The number of carbonyl (C=O) groups excluding carboxylic acids is 2. The van der Waals surface area contributed by atoms with E-state index in [4.69, 9.17) is 14.2 Å². The number of ether oxygens (including phenoxy) is 3. The van der Waals surface area contributed by atoms with Crippen LogP contribution < -0.4 is 10.1 Å². The van der Waals surface area contributed by atoms with Crippen molar-refractivity contribution in [2.45, 2.75) is 30.9 Å². The standard InChI is InChI=1S/C28H28N2O7S/c1-19-12-14-22(15-13-19)38(33,34)30-17-21(26-24(30)10-7-11-25(26)35-2)16-23(27(31)36-3)29-28(32)37-18-20-8-5-4-6-9-20/h4-15,17,23H,16,18H2,1-3H3,(H,29,32)/t23-/m0/s1. The second kappa shape index (κ2) is 11.4. The van der Waals surface area contributed by atoms with Gasteiger partial charge in [0.1, 0.15) is 18.4 Å². The minimum Gasteiger partial charge on any atom is -0.496 e. The Hall–Kier alpha value is -4.31. The van der Waals surface area contributed by atoms with Gasteiger partial charge in [0.15, 0.2) is 0 Å². The Labute approximate surface area is 221 Å². The molecule has 0 saturated heterocycles. The number of aryl methyl sites for hydroxylation is 1. The molecule has 0 spiro atoms. The normalized spacial score (nSPS) is 12.1. The first kappa shape index (κ1) is 26.7. The molecule has 0 aliphatic rings. The monoisotopic (exact) mass is 536 g/mol. The van der Waals surface area contributed by atoms with E-state index < -0.39 is 28.1 Å². The molecule has 1 atom stereocenters. The fourth-order valence-electron chi connectivity index (χ4n) is 4.11. The van der Waals surface area contributed by atoms with Crippen molar-refractivity contribution in [1.29, 1.82) is 0 Å². The number of benzene rings is 3. The third kappa shape index (κ3) is 5.65. The Balaban J connectivity index is 1.69. The Morgan fingerprint density at radius 1 is 0.947 bits per heavy atom. The van der Waals surface area contributed by atoms with Gasteiger partial charge in [-0.3, -0.25) is 0 Å². The molecule has 0 bridgehead atoms. The summed E-state index contributed by atoms with van der Waals surface area (Å²) in [5.74, 6) is -0.288. The molecule has 0 saturated carbocycles. The van der Waals surface area contributed by atoms with E-state index in [2.05, 4.69) is 5.32 Å². The number of nitrogens with one attached hydrogen (secondary N) is 1. The van der Waals surface area contributed by atoms with E-state index in [0.717, 1.165) is 15.1 Å². The third-order valence-electron chi connectivity index (χ3n) is 6.05.